The van der Waals surface area contributed by atoms with Crippen molar-refractivity contribution < 1.29 is 0 Å². The second kappa shape index (κ2) is 4.74. The number of H-pyrrole nitrogens is 1. The lowest BCUT2D eigenvalue weighted by molar-refractivity contribution is 0.840. The Balaban J connectivity index is 2.17. The van der Waals surface area contributed by atoms with Crippen molar-refractivity contribution in [1.29, 1.82) is 0 Å². The van der Waals surface area contributed by atoms with Crippen LogP contribution in [-0.4, -0.2) is 14.8 Å². The lowest BCUT2D eigenvalue weighted by Gasteiger charge is -2.07. The third-order valence-corrected chi connectivity index (χ3v) is 3.00. The fraction of sp³-hybridized carbons (Fsp3) is 0. The Morgan fingerprint density at radius 1 is 1.11 bits per heavy atom. The van der Waals surface area contributed by atoms with E-state index >= 15 is 0 Å². The largest absolute Gasteiger partial charge is 0.268 e. The van der Waals surface area contributed by atoms with Crippen molar-refractivity contribution >= 4 is 11.6 Å². The maximum atomic E-state index is 11.6. The molecule has 4 nitrogen and oxygen atoms in total. The molecule has 0 spiro atoms. The maximum Gasteiger partial charge on any atom is 0.265 e. The molecule has 2 heterocycles. The third-order valence-electron chi connectivity index (χ3n) is 2.75. The highest BCUT2D eigenvalue weighted by molar-refractivity contribution is 6.30. The van der Waals surface area contributed by atoms with Crippen LogP contribution >= 0.6 is 11.6 Å². The van der Waals surface area contributed by atoms with Crippen LogP contribution in [0.1, 0.15) is 0 Å². The molecule has 0 aliphatic heterocycles. The van der Waals surface area contributed by atoms with Crippen LogP contribution in [0.3, 0.4) is 0 Å². The smallest absolute Gasteiger partial charge is 0.265 e. The summed E-state index contributed by atoms with van der Waals surface area (Å²) in [7, 11) is 0. The zero-order chi connectivity index (χ0) is 13.2. The average molecular weight is 272 g/mol. The molecule has 0 unspecified atom stereocenters. The van der Waals surface area contributed by atoms with Gasteiger partial charge in [-0.15, -0.1) is 0 Å². The van der Waals surface area contributed by atoms with Gasteiger partial charge in [0, 0.05) is 22.8 Å². The van der Waals surface area contributed by atoms with Crippen LogP contribution in [0.5, 0.6) is 0 Å². The van der Waals surface area contributed by atoms with E-state index in [1.54, 1.807) is 23.0 Å². The molecule has 0 saturated carbocycles. The van der Waals surface area contributed by atoms with Gasteiger partial charge in [-0.3, -0.25) is 9.89 Å². The van der Waals surface area contributed by atoms with E-state index in [-0.39, 0.29) is 5.56 Å². The van der Waals surface area contributed by atoms with E-state index in [2.05, 4.69) is 10.1 Å². The molecule has 1 N–H and O–H groups in total. The molecule has 1 aromatic carbocycles. The van der Waals surface area contributed by atoms with Gasteiger partial charge in [0.05, 0.1) is 5.69 Å². The lowest BCUT2D eigenvalue weighted by atomic mass is 10.1. The molecule has 0 aliphatic rings. The van der Waals surface area contributed by atoms with Gasteiger partial charge in [-0.2, -0.15) is 0 Å². The Bertz CT molecular complexity index is 744. The SMILES string of the molecule is O=c1cc(-c2ccc(Cl)cc2)n(-c2ccccn2)[nH]1. The van der Waals surface area contributed by atoms with Crippen LogP contribution in [0.25, 0.3) is 17.1 Å². The van der Waals surface area contributed by atoms with Crippen LogP contribution in [0.2, 0.25) is 5.02 Å². The van der Waals surface area contributed by atoms with Gasteiger partial charge >= 0.3 is 0 Å². The van der Waals surface area contributed by atoms with Crippen molar-refractivity contribution in [3.8, 4) is 17.1 Å². The molecule has 0 atom stereocenters. The van der Waals surface area contributed by atoms with Crippen molar-refractivity contribution in [1.82, 2.24) is 14.8 Å². The van der Waals surface area contributed by atoms with Crippen LogP contribution in [0.15, 0.2) is 59.5 Å². The Kier molecular flexibility index (Phi) is 2.93. The summed E-state index contributed by atoms with van der Waals surface area (Å²) in [6, 6.07) is 14.4. The number of nitrogens with zero attached hydrogens (tertiary/aromatic N) is 2. The Morgan fingerprint density at radius 2 is 1.89 bits per heavy atom. The molecule has 19 heavy (non-hydrogen) atoms. The summed E-state index contributed by atoms with van der Waals surface area (Å²) in [5.74, 6) is 0.662. The number of aromatic nitrogens is 3. The molecule has 3 aromatic rings. The van der Waals surface area contributed by atoms with E-state index in [1.165, 1.54) is 6.07 Å². The normalized spacial score (nSPS) is 10.6. The fourth-order valence-corrected chi connectivity index (χ4v) is 2.02. The summed E-state index contributed by atoms with van der Waals surface area (Å²) in [6.45, 7) is 0. The van der Waals surface area contributed by atoms with Crippen molar-refractivity contribution in [2.75, 3.05) is 0 Å². The molecule has 0 fully saturated rings. The summed E-state index contributed by atoms with van der Waals surface area (Å²) < 4.78 is 1.66. The molecule has 5 heteroatoms. The molecule has 0 radical (unpaired) electrons. The third kappa shape index (κ3) is 2.30. The Morgan fingerprint density at radius 3 is 2.58 bits per heavy atom. The number of nitrogens with one attached hydrogen (secondary N) is 1. The first kappa shape index (κ1) is 11.7. The predicted octanol–water partition coefficient (Wildman–Crippen LogP) is 2.88. The summed E-state index contributed by atoms with van der Waals surface area (Å²) in [5.41, 5.74) is 1.48. The number of benzene rings is 1. The first-order chi connectivity index (χ1) is 9.24. The number of rotatable bonds is 2. The fourth-order valence-electron chi connectivity index (χ4n) is 1.89. The molecular weight excluding hydrogens is 262 g/mol. The van der Waals surface area contributed by atoms with Crippen LogP contribution in [0, 0.1) is 0 Å². The number of hydrogen-bond donors (Lipinski definition) is 1. The Hall–Kier alpha value is -2.33. The molecule has 0 bridgehead atoms. The van der Waals surface area contributed by atoms with E-state index < -0.39 is 0 Å². The van der Waals surface area contributed by atoms with E-state index in [0.29, 0.717) is 10.8 Å². The molecular formula is C14H10ClN3O. The first-order valence-electron chi connectivity index (χ1n) is 5.73. The second-order valence-corrected chi connectivity index (χ2v) is 4.47. The van der Waals surface area contributed by atoms with Crippen molar-refractivity contribution in [2.24, 2.45) is 0 Å². The van der Waals surface area contributed by atoms with Crippen molar-refractivity contribution in [3.05, 3.63) is 70.1 Å². The number of hydrogen-bond acceptors (Lipinski definition) is 2. The highest BCUT2D eigenvalue weighted by Crippen LogP contribution is 2.21. The number of pyridine rings is 1. The molecule has 0 aliphatic carbocycles. The molecule has 2 aromatic heterocycles. The van der Waals surface area contributed by atoms with Gasteiger partial charge in [-0.25, -0.2) is 9.67 Å². The van der Waals surface area contributed by atoms with Crippen LogP contribution in [0.4, 0.5) is 0 Å². The summed E-state index contributed by atoms with van der Waals surface area (Å²) in [6.07, 6.45) is 1.68. The maximum absolute atomic E-state index is 11.6. The van der Waals surface area contributed by atoms with E-state index in [9.17, 15) is 4.79 Å². The van der Waals surface area contributed by atoms with Gasteiger partial charge < -0.3 is 0 Å². The second-order valence-electron chi connectivity index (χ2n) is 4.04. The van der Waals surface area contributed by atoms with Crippen molar-refractivity contribution in [2.45, 2.75) is 0 Å². The van der Waals surface area contributed by atoms with E-state index in [0.717, 1.165) is 11.3 Å². The molecule has 94 valence electrons. The summed E-state index contributed by atoms with van der Waals surface area (Å²) in [4.78, 5) is 15.8. The zero-order valence-electron chi connectivity index (χ0n) is 9.88. The highest BCUT2D eigenvalue weighted by atomic mass is 35.5. The van der Waals surface area contributed by atoms with E-state index in [4.69, 9.17) is 11.6 Å². The van der Waals surface area contributed by atoms with Crippen LogP contribution < -0.4 is 5.56 Å². The molecule has 0 saturated heterocycles. The molecule has 3 rings (SSSR count). The van der Waals surface area contributed by atoms with E-state index in [1.807, 2.05) is 30.3 Å². The van der Waals surface area contributed by atoms with Gasteiger partial charge in [0.25, 0.3) is 5.56 Å². The lowest BCUT2D eigenvalue weighted by Crippen LogP contribution is -2.05. The van der Waals surface area contributed by atoms with Gasteiger partial charge in [-0.05, 0) is 24.3 Å². The minimum atomic E-state index is -0.171. The predicted molar refractivity (Wildman–Crippen MR) is 74.6 cm³/mol. The standard InChI is InChI=1S/C14H10ClN3O/c15-11-6-4-10(5-7-11)12-9-14(19)17-18(12)13-3-1-2-8-16-13/h1-9H,(H,17,19). The topological polar surface area (TPSA) is 50.7 Å². The van der Waals surface area contributed by atoms with Crippen LogP contribution in [-0.2, 0) is 0 Å². The number of aromatic amines is 1. The molecule has 0 amide bonds. The van der Waals surface area contributed by atoms with Gasteiger partial charge in [0.1, 0.15) is 0 Å². The Labute approximate surface area is 114 Å². The summed E-state index contributed by atoms with van der Waals surface area (Å²) in [5, 5.41) is 3.40. The number of halogens is 1. The quantitative estimate of drug-likeness (QED) is 0.779. The highest BCUT2D eigenvalue weighted by Gasteiger charge is 2.09. The average Bonchev–Trinajstić information content (AvgIpc) is 2.83. The minimum Gasteiger partial charge on any atom is -0.268 e. The minimum absolute atomic E-state index is 0.171. The zero-order valence-corrected chi connectivity index (χ0v) is 10.6. The van der Waals surface area contributed by atoms with Gasteiger partial charge in [0.2, 0.25) is 0 Å². The first-order valence-corrected chi connectivity index (χ1v) is 6.11. The summed E-state index contributed by atoms with van der Waals surface area (Å²) >= 11 is 5.87. The van der Waals surface area contributed by atoms with Crippen molar-refractivity contribution in [3.63, 3.8) is 0 Å². The van der Waals surface area contributed by atoms with Gasteiger partial charge in [-0.1, -0.05) is 29.8 Å². The monoisotopic (exact) mass is 271 g/mol. The van der Waals surface area contributed by atoms with Gasteiger partial charge in [0.15, 0.2) is 5.82 Å².